The van der Waals surface area contributed by atoms with Crippen molar-refractivity contribution >= 4 is 34.6 Å². The zero-order valence-corrected chi connectivity index (χ0v) is 12.6. The van der Waals surface area contributed by atoms with Gasteiger partial charge in [-0.15, -0.1) is 11.3 Å². The van der Waals surface area contributed by atoms with Gasteiger partial charge in [0.15, 0.2) is 0 Å². The lowest BCUT2D eigenvalue weighted by Crippen LogP contribution is -2.01. The van der Waals surface area contributed by atoms with E-state index in [1.165, 1.54) is 11.3 Å². The number of benzene rings is 1. The Kier molecular flexibility index (Phi) is 4.52. The number of carbonyl (C=O) groups is 1. The Hall–Kier alpha value is -1.72. The lowest BCUT2D eigenvalue weighted by molar-refractivity contribution is 0.0702. The summed E-state index contributed by atoms with van der Waals surface area (Å²) >= 11 is 7.24. The van der Waals surface area contributed by atoms with E-state index in [1.807, 2.05) is 6.92 Å². The molecular weight excluding hydrogens is 298 g/mol. The molecule has 0 unspecified atom stereocenters. The molecule has 6 heteroatoms. The highest BCUT2D eigenvalue weighted by molar-refractivity contribution is 7.14. The molecule has 0 bridgehead atoms. The SMILES string of the molecule is COc1ccc(Cl)cc1NCc1cc(C(=O)O)sc1C. The van der Waals surface area contributed by atoms with Crippen molar-refractivity contribution in [1.82, 2.24) is 0 Å². The van der Waals surface area contributed by atoms with Crippen LogP contribution in [0.2, 0.25) is 5.02 Å². The summed E-state index contributed by atoms with van der Waals surface area (Å²) in [5, 5.41) is 12.8. The van der Waals surface area contributed by atoms with Crippen LogP contribution in [0.4, 0.5) is 5.69 Å². The molecule has 106 valence electrons. The summed E-state index contributed by atoms with van der Waals surface area (Å²) in [6.45, 7) is 2.43. The first-order chi connectivity index (χ1) is 9.51. The second kappa shape index (κ2) is 6.15. The van der Waals surface area contributed by atoms with Crippen LogP contribution in [0.5, 0.6) is 5.75 Å². The average Bonchev–Trinajstić information content (AvgIpc) is 2.78. The minimum atomic E-state index is -0.898. The van der Waals surface area contributed by atoms with Gasteiger partial charge in [0.2, 0.25) is 0 Å². The van der Waals surface area contributed by atoms with Gasteiger partial charge < -0.3 is 15.2 Å². The maximum absolute atomic E-state index is 10.9. The number of aryl methyl sites for hydroxylation is 1. The number of aromatic carboxylic acids is 1. The predicted octanol–water partition coefficient (Wildman–Crippen LogP) is 4.03. The molecule has 0 aliphatic heterocycles. The Balaban J connectivity index is 2.16. The van der Waals surface area contributed by atoms with Gasteiger partial charge in [0.05, 0.1) is 12.8 Å². The third-order valence-corrected chi connectivity index (χ3v) is 4.18. The van der Waals surface area contributed by atoms with Gasteiger partial charge in [-0.05, 0) is 36.8 Å². The van der Waals surface area contributed by atoms with Crippen LogP contribution in [0.3, 0.4) is 0 Å². The van der Waals surface area contributed by atoms with Crippen LogP contribution in [0.1, 0.15) is 20.1 Å². The smallest absolute Gasteiger partial charge is 0.345 e. The molecule has 0 aliphatic carbocycles. The number of nitrogens with one attached hydrogen (secondary N) is 1. The molecule has 1 aromatic carbocycles. The van der Waals surface area contributed by atoms with Crippen molar-refractivity contribution in [2.24, 2.45) is 0 Å². The summed E-state index contributed by atoms with van der Waals surface area (Å²) in [5.41, 5.74) is 1.73. The van der Waals surface area contributed by atoms with Crippen molar-refractivity contribution < 1.29 is 14.6 Å². The molecule has 4 nitrogen and oxygen atoms in total. The van der Waals surface area contributed by atoms with Gasteiger partial charge in [-0.25, -0.2) is 4.79 Å². The first-order valence-corrected chi connectivity index (χ1v) is 7.10. The number of ether oxygens (including phenoxy) is 1. The third kappa shape index (κ3) is 3.23. The second-order valence-electron chi connectivity index (χ2n) is 4.20. The average molecular weight is 312 g/mol. The standard InChI is InChI=1S/C14H14ClNO3S/c1-8-9(5-13(20-8)14(17)18)7-16-11-6-10(15)3-4-12(11)19-2/h3-6,16H,7H2,1-2H3,(H,17,18). The van der Waals surface area contributed by atoms with Crippen LogP contribution in [0.25, 0.3) is 0 Å². The van der Waals surface area contributed by atoms with Gasteiger partial charge in [0.25, 0.3) is 0 Å². The zero-order valence-electron chi connectivity index (χ0n) is 11.1. The minimum Gasteiger partial charge on any atom is -0.495 e. The summed E-state index contributed by atoms with van der Waals surface area (Å²) in [4.78, 5) is 12.3. The molecule has 0 aliphatic rings. The minimum absolute atomic E-state index is 0.345. The van der Waals surface area contributed by atoms with Crippen LogP contribution in [-0.4, -0.2) is 18.2 Å². The molecule has 0 atom stereocenters. The number of halogens is 1. The molecular formula is C14H14ClNO3S. The van der Waals surface area contributed by atoms with Gasteiger partial charge in [-0.2, -0.15) is 0 Å². The first-order valence-electron chi connectivity index (χ1n) is 5.91. The van der Waals surface area contributed by atoms with E-state index in [0.29, 0.717) is 22.2 Å². The van der Waals surface area contributed by atoms with Crippen molar-refractivity contribution in [3.63, 3.8) is 0 Å². The summed E-state index contributed by atoms with van der Waals surface area (Å²) in [7, 11) is 1.59. The van der Waals surface area contributed by atoms with Crippen LogP contribution in [0.15, 0.2) is 24.3 Å². The van der Waals surface area contributed by atoms with Crippen molar-refractivity contribution in [2.45, 2.75) is 13.5 Å². The molecule has 0 radical (unpaired) electrons. The van der Waals surface area contributed by atoms with Crippen LogP contribution >= 0.6 is 22.9 Å². The number of thiophene rings is 1. The number of hydrogen-bond donors (Lipinski definition) is 2. The fourth-order valence-corrected chi connectivity index (χ4v) is 2.86. The van der Waals surface area contributed by atoms with Gasteiger partial charge in [0, 0.05) is 16.4 Å². The molecule has 2 N–H and O–H groups in total. The van der Waals surface area contributed by atoms with Crippen molar-refractivity contribution in [2.75, 3.05) is 12.4 Å². The number of methoxy groups -OCH3 is 1. The third-order valence-electron chi connectivity index (χ3n) is 2.86. The van der Waals surface area contributed by atoms with Crippen LogP contribution in [-0.2, 0) is 6.54 Å². The molecule has 2 rings (SSSR count). The van der Waals surface area contributed by atoms with Crippen molar-refractivity contribution in [3.05, 3.63) is 44.6 Å². The molecule has 2 aromatic rings. The molecule has 0 amide bonds. The monoisotopic (exact) mass is 311 g/mol. The molecule has 20 heavy (non-hydrogen) atoms. The Morgan fingerprint density at radius 3 is 2.80 bits per heavy atom. The van der Waals surface area contributed by atoms with Gasteiger partial charge >= 0.3 is 5.97 Å². The second-order valence-corrected chi connectivity index (χ2v) is 5.89. The van der Waals surface area contributed by atoms with E-state index in [9.17, 15) is 4.79 Å². The summed E-state index contributed by atoms with van der Waals surface area (Å²) in [6, 6.07) is 7.00. The lowest BCUT2D eigenvalue weighted by atomic mass is 10.2. The highest BCUT2D eigenvalue weighted by atomic mass is 35.5. The van der Waals surface area contributed by atoms with E-state index in [-0.39, 0.29) is 0 Å². The zero-order chi connectivity index (χ0) is 14.7. The quantitative estimate of drug-likeness (QED) is 0.875. The Morgan fingerprint density at radius 2 is 2.20 bits per heavy atom. The lowest BCUT2D eigenvalue weighted by Gasteiger charge is -2.11. The number of rotatable bonds is 5. The maximum atomic E-state index is 10.9. The molecule has 1 aromatic heterocycles. The number of carboxylic acids is 1. The van der Waals surface area contributed by atoms with Crippen LogP contribution < -0.4 is 10.1 Å². The predicted molar refractivity (Wildman–Crippen MR) is 81.3 cm³/mol. The number of hydrogen-bond acceptors (Lipinski definition) is 4. The highest BCUT2D eigenvalue weighted by Crippen LogP contribution is 2.29. The summed E-state index contributed by atoms with van der Waals surface area (Å²) in [6.07, 6.45) is 0. The normalized spacial score (nSPS) is 10.3. The topological polar surface area (TPSA) is 58.6 Å². The largest absolute Gasteiger partial charge is 0.495 e. The van der Waals surface area contributed by atoms with E-state index < -0.39 is 5.97 Å². The highest BCUT2D eigenvalue weighted by Gasteiger charge is 2.11. The summed E-state index contributed by atoms with van der Waals surface area (Å²) in [5.74, 6) is -0.203. The van der Waals surface area contributed by atoms with E-state index >= 15 is 0 Å². The van der Waals surface area contributed by atoms with Crippen LogP contribution in [0, 0.1) is 6.92 Å². The fraction of sp³-hybridized carbons (Fsp3) is 0.214. The molecule has 0 saturated heterocycles. The van der Waals surface area contributed by atoms with Gasteiger partial charge in [-0.3, -0.25) is 0 Å². The van der Waals surface area contributed by atoms with E-state index in [2.05, 4.69) is 5.32 Å². The molecule has 0 saturated carbocycles. The van der Waals surface area contributed by atoms with Crippen molar-refractivity contribution in [1.29, 1.82) is 0 Å². The molecule has 1 heterocycles. The van der Waals surface area contributed by atoms with E-state index in [1.54, 1.807) is 31.4 Å². The Bertz CT molecular complexity index is 639. The van der Waals surface area contributed by atoms with Gasteiger partial charge in [0.1, 0.15) is 10.6 Å². The van der Waals surface area contributed by atoms with Gasteiger partial charge in [-0.1, -0.05) is 11.6 Å². The number of anilines is 1. The maximum Gasteiger partial charge on any atom is 0.345 e. The summed E-state index contributed by atoms with van der Waals surface area (Å²) < 4.78 is 5.25. The first kappa shape index (κ1) is 14.7. The fourth-order valence-electron chi connectivity index (χ4n) is 1.81. The molecule has 0 spiro atoms. The van der Waals surface area contributed by atoms with E-state index in [0.717, 1.165) is 16.1 Å². The number of carboxylic acid groups (broad SMARTS) is 1. The molecule has 0 fully saturated rings. The van der Waals surface area contributed by atoms with E-state index in [4.69, 9.17) is 21.4 Å². The Morgan fingerprint density at radius 1 is 1.45 bits per heavy atom. The Labute approximate surface area is 126 Å². The van der Waals surface area contributed by atoms with Crippen molar-refractivity contribution in [3.8, 4) is 5.75 Å².